The summed E-state index contributed by atoms with van der Waals surface area (Å²) in [5, 5.41) is 11.9. The van der Waals surface area contributed by atoms with Crippen LogP contribution < -0.4 is 4.57 Å². The number of benzene rings is 4. The number of fused-ring (bicyclic) bond motifs is 3. The van der Waals surface area contributed by atoms with Gasteiger partial charge in [-0.05, 0) is 48.2 Å². The molecule has 3 nitrogen and oxygen atoms in total. The van der Waals surface area contributed by atoms with Gasteiger partial charge in [-0.2, -0.15) is 5.26 Å². The molecule has 0 N–H and O–H groups in total. The summed E-state index contributed by atoms with van der Waals surface area (Å²) in [5.74, 6) is -0.258. The van der Waals surface area contributed by atoms with Crippen LogP contribution in [0.2, 0.25) is 0 Å². The quantitative estimate of drug-likeness (QED) is 0.216. The number of hydrogen-bond donors (Lipinski definition) is 0. The normalized spacial score (nSPS) is 11.7. The molecule has 0 bridgehead atoms. The third kappa shape index (κ3) is 3.98. The number of halogens is 1. The molecule has 2 aromatic heterocycles. The van der Waals surface area contributed by atoms with Crippen LogP contribution in [0, 0.1) is 31.0 Å². The predicted molar refractivity (Wildman–Crippen MR) is 158 cm³/mol. The molecular formula is C36H30FN2O+. The van der Waals surface area contributed by atoms with E-state index in [2.05, 4.69) is 68.4 Å². The SMILES string of the molecule is Cc1c[n+](C)c(-c2c(C)ccc3c2oc2c(-c4ccc(C(C)(C)c5ccccc5)cc4)c(C#N)ccc23)cc1F. The number of pyridine rings is 1. The molecule has 0 aliphatic rings. The number of hydrogen-bond acceptors (Lipinski definition) is 2. The summed E-state index contributed by atoms with van der Waals surface area (Å²) in [6, 6.07) is 30.7. The van der Waals surface area contributed by atoms with Crippen molar-refractivity contribution in [3.63, 3.8) is 0 Å². The van der Waals surface area contributed by atoms with Crippen LogP contribution in [0.4, 0.5) is 4.39 Å². The Labute approximate surface area is 233 Å². The van der Waals surface area contributed by atoms with Crippen LogP contribution in [0.1, 0.15) is 41.7 Å². The summed E-state index contributed by atoms with van der Waals surface area (Å²) < 4.78 is 23.3. The molecule has 0 aliphatic heterocycles. The van der Waals surface area contributed by atoms with Crippen molar-refractivity contribution in [1.82, 2.24) is 0 Å². The lowest BCUT2D eigenvalue weighted by Gasteiger charge is -2.26. The predicted octanol–water partition coefficient (Wildman–Crippen LogP) is 8.70. The van der Waals surface area contributed by atoms with Crippen LogP contribution >= 0.6 is 0 Å². The average Bonchev–Trinajstić information content (AvgIpc) is 3.33. The minimum atomic E-state index is -0.258. The second kappa shape index (κ2) is 9.47. The van der Waals surface area contributed by atoms with Gasteiger partial charge in [0.1, 0.15) is 24.0 Å². The van der Waals surface area contributed by atoms with E-state index in [9.17, 15) is 9.65 Å². The molecule has 0 radical (unpaired) electrons. The van der Waals surface area contributed by atoms with Gasteiger partial charge in [-0.15, -0.1) is 0 Å². The first-order valence-corrected chi connectivity index (χ1v) is 13.4. The second-order valence-corrected chi connectivity index (χ2v) is 11.1. The van der Waals surface area contributed by atoms with Crippen LogP contribution in [0.25, 0.3) is 44.3 Å². The lowest BCUT2D eigenvalue weighted by atomic mass is 9.78. The van der Waals surface area contributed by atoms with Crippen LogP contribution in [0.5, 0.6) is 0 Å². The minimum Gasteiger partial charge on any atom is -0.454 e. The number of furan rings is 1. The standard InChI is InChI=1S/C36H30FN2O/c1-22-11-17-28-29-18-14-25(20-38)33(24-12-15-27(16-13-24)36(3,4)26-9-7-6-8-10-26)35(29)40-34(28)32(22)31-19-30(37)23(2)21-39(31)5/h6-19,21H,1-5H3/q+1. The Hall–Kier alpha value is -4.75. The highest BCUT2D eigenvalue weighted by Gasteiger charge is 2.26. The lowest BCUT2D eigenvalue weighted by Crippen LogP contribution is -2.31. The zero-order valence-corrected chi connectivity index (χ0v) is 23.3. The van der Waals surface area contributed by atoms with E-state index in [1.807, 2.05) is 48.9 Å². The topological polar surface area (TPSA) is 40.8 Å². The summed E-state index contributed by atoms with van der Waals surface area (Å²) in [6.45, 7) is 8.20. The molecule has 0 unspecified atom stereocenters. The summed E-state index contributed by atoms with van der Waals surface area (Å²) in [7, 11) is 1.92. The molecule has 4 heteroatoms. The first kappa shape index (κ1) is 25.5. The first-order chi connectivity index (χ1) is 19.2. The van der Waals surface area contributed by atoms with Gasteiger partial charge in [0, 0.05) is 33.4 Å². The molecule has 0 fully saturated rings. The number of aryl methyl sites for hydroxylation is 3. The Kier molecular flexibility index (Phi) is 6.04. The maximum absolute atomic E-state index is 14.7. The molecule has 0 saturated carbocycles. The van der Waals surface area contributed by atoms with Crippen molar-refractivity contribution in [2.45, 2.75) is 33.1 Å². The third-order valence-corrected chi connectivity index (χ3v) is 8.19. The Morgan fingerprint density at radius 1 is 0.775 bits per heavy atom. The smallest absolute Gasteiger partial charge is 0.219 e. The van der Waals surface area contributed by atoms with Crippen molar-refractivity contribution < 1.29 is 13.4 Å². The zero-order valence-electron chi connectivity index (χ0n) is 23.3. The van der Waals surface area contributed by atoms with E-state index in [1.54, 1.807) is 19.2 Å². The maximum atomic E-state index is 14.7. The van der Waals surface area contributed by atoms with Gasteiger partial charge in [0.15, 0.2) is 6.20 Å². The first-order valence-electron chi connectivity index (χ1n) is 13.4. The number of nitrogens with zero attached hydrogens (tertiary/aromatic N) is 2. The van der Waals surface area contributed by atoms with Crippen molar-refractivity contribution in [3.8, 4) is 28.5 Å². The molecular weight excluding hydrogens is 495 g/mol. The lowest BCUT2D eigenvalue weighted by molar-refractivity contribution is -0.661. The fraction of sp³-hybridized carbons (Fsp3) is 0.167. The number of nitriles is 1. The van der Waals surface area contributed by atoms with Gasteiger partial charge in [0.05, 0.1) is 17.2 Å². The van der Waals surface area contributed by atoms with Crippen molar-refractivity contribution in [1.29, 1.82) is 5.26 Å². The monoisotopic (exact) mass is 525 g/mol. The highest BCUT2D eigenvalue weighted by molar-refractivity contribution is 6.14. The molecule has 0 saturated heterocycles. The molecule has 196 valence electrons. The second-order valence-electron chi connectivity index (χ2n) is 11.1. The van der Waals surface area contributed by atoms with E-state index in [4.69, 9.17) is 4.42 Å². The van der Waals surface area contributed by atoms with Gasteiger partial charge < -0.3 is 4.42 Å². The molecule has 6 aromatic rings. The van der Waals surface area contributed by atoms with Crippen LogP contribution in [-0.4, -0.2) is 0 Å². The minimum absolute atomic E-state index is 0.172. The summed E-state index contributed by atoms with van der Waals surface area (Å²) in [6.07, 6.45) is 1.79. The average molecular weight is 526 g/mol. The molecule has 6 rings (SSSR count). The molecule has 0 spiro atoms. The molecule has 4 aromatic carbocycles. The van der Waals surface area contributed by atoms with E-state index >= 15 is 0 Å². The van der Waals surface area contributed by atoms with Crippen molar-refractivity contribution >= 4 is 21.9 Å². The van der Waals surface area contributed by atoms with Gasteiger partial charge in [-0.3, -0.25) is 0 Å². The van der Waals surface area contributed by atoms with Crippen molar-refractivity contribution in [2.24, 2.45) is 7.05 Å². The van der Waals surface area contributed by atoms with Gasteiger partial charge in [0.25, 0.3) is 0 Å². The van der Waals surface area contributed by atoms with Crippen LogP contribution in [0.3, 0.4) is 0 Å². The Balaban J connectivity index is 1.57. The summed E-state index contributed by atoms with van der Waals surface area (Å²) in [5.41, 5.74) is 8.98. The summed E-state index contributed by atoms with van der Waals surface area (Å²) in [4.78, 5) is 0. The Morgan fingerprint density at radius 2 is 1.40 bits per heavy atom. The van der Waals surface area contributed by atoms with E-state index in [1.165, 1.54) is 11.1 Å². The molecule has 2 heterocycles. The number of aromatic nitrogens is 1. The molecule has 0 amide bonds. The Bertz CT molecular complexity index is 1960. The van der Waals surface area contributed by atoms with Crippen molar-refractivity contribution in [2.75, 3.05) is 0 Å². The molecule has 0 atom stereocenters. The van der Waals surface area contributed by atoms with Crippen molar-refractivity contribution in [3.05, 3.63) is 125 Å². The van der Waals surface area contributed by atoms with Gasteiger partial charge in [0.2, 0.25) is 5.69 Å². The molecule has 0 aliphatic carbocycles. The van der Waals surface area contributed by atoms with Crippen LogP contribution in [0.15, 0.2) is 95.5 Å². The van der Waals surface area contributed by atoms with Gasteiger partial charge in [-0.25, -0.2) is 8.96 Å². The molecule has 40 heavy (non-hydrogen) atoms. The van der Waals surface area contributed by atoms with Crippen LogP contribution in [-0.2, 0) is 12.5 Å². The fourth-order valence-corrected chi connectivity index (χ4v) is 5.78. The summed E-state index contributed by atoms with van der Waals surface area (Å²) >= 11 is 0. The van der Waals surface area contributed by atoms with E-state index in [-0.39, 0.29) is 11.2 Å². The van der Waals surface area contributed by atoms with E-state index in [0.29, 0.717) is 22.3 Å². The maximum Gasteiger partial charge on any atom is 0.219 e. The van der Waals surface area contributed by atoms with Gasteiger partial charge >= 0.3 is 0 Å². The highest BCUT2D eigenvalue weighted by Crippen LogP contribution is 2.42. The zero-order chi connectivity index (χ0) is 28.2. The third-order valence-electron chi connectivity index (χ3n) is 8.19. The van der Waals surface area contributed by atoms with Gasteiger partial charge in [-0.1, -0.05) is 80.6 Å². The fourth-order valence-electron chi connectivity index (χ4n) is 5.78. The largest absolute Gasteiger partial charge is 0.454 e. The Morgan fingerprint density at radius 3 is 2.08 bits per heavy atom. The van der Waals surface area contributed by atoms with E-state index < -0.39 is 0 Å². The van der Waals surface area contributed by atoms with E-state index in [0.717, 1.165) is 38.7 Å². The number of rotatable bonds is 4. The highest BCUT2D eigenvalue weighted by atomic mass is 19.1.